The number of hydrogen-bond donors (Lipinski definition) is 1. The predicted octanol–water partition coefficient (Wildman–Crippen LogP) is 10.4. The molecule has 51 heavy (non-hydrogen) atoms. The minimum atomic E-state index is -2.29. The van der Waals surface area contributed by atoms with Gasteiger partial charge in [-0.1, -0.05) is 80.8 Å². The van der Waals surface area contributed by atoms with Gasteiger partial charge in [0.15, 0.2) is 16.6 Å². The molecule has 10 nitrogen and oxygen atoms in total. The number of rotatable bonds is 13. The van der Waals surface area contributed by atoms with Crippen LogP contribution in [0.3, 0.4) is 0 Å². The molecule has 0 unspecified atom stereocenters. The van der Waals surface area contributed by atoms with Gasteiger partial charge in [-0.25, -0.2) is 4.98 Å². The van der Waals surface area contributed by atoms with E-state index in [2.05, 4.69) is 63.5 Å². The highest BCUT2D eigenvalue weighted by Gasteiger charge is 2.48. The highest BCUT2D eigenvalue weighted by molar-refractivity contribution is 7.09. The number of aryl methyl sites for hydroxylation is 1. The van der Waals surface area contributed by atoms with Gasteiger partial charge in [0.05, 0.1) is 41.5 Å². The fourth-order valence-corrected chi connectivity index (χ4v) is 14.2. The van der Waals surface area contributed by atoms with Crippen molar-refractivity contribution in [2.24, 2.45) is 22.4 Å². The van der Waals surface area contributed by atoms with Crippen molar-refractivity contribution in [3.8, 4) is 0 Å². The minimum Gasteiger partial charge on any atom is -0.458 e. The average molecular weight is 765 g/mol. The van der Waals surface area contributed by atoms with Crippen LogP contribution in [0.5, 0.6) is 0 Å². The summed E-state index contributed by atoms with van der Waals surface area (Å²) in [5.41, 5.74) is 10.00. The lowest BCUT2D eigenvalue weighted by atomic mass is 9.73. The summed E-state index contributed by atoms with van der Waals surface area (Å²) in [5, 5.41) is 18.3. The number of ketones is 1. The largest absolute Gasteiger partial charge is 0.458 e. The van der Waals surface area contributed by atoms with E-state index in [1.807, 2.05) is 46.1 Å². The second-order valence-corrected chi connectivity index (χ2v) is 25.9. The van der Waals surface area contributed by atoms with E-state index < -0.39 is 58.3 Å². The van der Waals surface area contributed by atoms with Crippen LogP contribution in [-0.4, -0.2) is 68.9 Å². The molecule has 0 aromatic carbocycles. The van der Waals surface area contributed by atoms with E-state index in [1.54, 1.807) is 0 Å². The molecular weight excluding hydrogens is 697 g/mol. The number of hydrogen-bond acceptors (Lipinski definition) is 9. The van der Waals surface area contributed by atoms with Gasteiger partial charge < -0.3 is 18.7 Å². The molecule has 1 aliphatic heterocycles. The van der Waals surface area contributed by atoms with E-state index in [4.69, 9.17) is 13.6 Å². The Morgan fingerprint density at radius 2 is 1.63 bits per heavy atom. The van der Waals surface area contributed by atoms with Gasteiger partial charge in [0.2, 0.25) is 0 Å². The molecule has 7 atom stereocenters. The Bertz CT molecular complexity index is 1320. The second-order valence-electron chi connectivity index (χ2n) is 15.4. The van der Waals surface area contributed by atoms with Gasteiger partial charge in [-0.3, -0.25) is 9.59 Å². The molecule has 1 saturated heterocycles. The van der Waals surface area contributed by atoms with E-state index in [-0.39, 0.29) is 30.6 Å². The van der Waals surface area contributed by atoms with Crippen molar-refractivity contribution in [3.63, 3.8) is 0 Å². The predicted molar refractivity (Wildman–Crippen MR) is 214 cm³/mol. The molecule has 0 spiro atoms. The highest BCUT2D eigenvalue weighted by Crippen LogP contribution is 2.40. The first-order valence-electron chi connectivity index (χ1n) is 19.4. The summed E-state index contributed by atoms with van der Waals surface area (Å²) in [6, 6.07) is 4.69. The third kappa shape index (κ3) is 12.1. The fraction of sp³-hybridized carbons (Fsp3) is 0.816. The van der Waals surface area contributed by atoms with E-state index in [0.29, 0.717) is 12.8 Å². The number of esters is 1. The molecule has 0 saturated carbocycles. The summed E-state index contributed by atoms with van der Waals surface area (Å²) in [6.07, 6.45) is 0.938. The van der Waals surface area contributed by atoms with E-state index in [9.17, 15) is 20.2 Å². The van der Waals surface area contributed by atoms with Crippen molar-refractivity contribution in [3.05, 3.63) is 32.1 Å². The lowest BCUT2D eigenvalue weighted by Crippen LogP contribution is -2.53. The third-order valence-corrected chi connectivity index (χ3v) is 22.0. The number of ether oxygens (including phenoxy) is 1. The maximum atomic E-state index is 14.9. The summed E-state index contributed by atoms with van der Waals surface area (Å²) in [4.78, 5) is 36.7. The number of thiazole rings is 1. The number of aliphatic hydroxyl groups excluding tert-OH is 1. The maximum Gasteiger partial charge on any atom is 0.309 e. The maximum absolute atomic E-state index is 14.9. The van der Waals surface area contributed by atoms with Crippen LogP contribution in [0.4, 0.5) is 0 Å². The van der Waals surface area contributed by atoms with Gasteiger partial charge in [0, 0.05) is 21.6 Å². The molecule has 1 aliphatic rings. The zero-order valence-corrected chi connectivity index (χ0v) is 36.5. The summed E-state index contributed by atoms with van der Waals surface area (Å²) in [6.45, 7) is 24.8. The highest BCUT2D eigenvalue weighted by atomic mass is 32.1. The van der Waals surface area contributed by atoms with E-state index in [1.165, 1.54) is 11.3 Å². The first kappa shape index (κ1) is 45.3. The van der Waals surface area contributed by atoms with Crippen LogP contribution in [-0.2, 0) is 23.2 Å². The Labute approximate surface area is 314 Å². The molecular formula is C38H68N4O6SSi2. The van der Waals surface area contributed by atoms with Crippen LogP contribution in [0.15, 0.2) is 16.1 Å². The number of carbonyl (C=O) groups is 2. The molecule has 13 heteroatoms. The summed E-state index contributed by atoms with van der Waals surface area (Å²) < 4.78 is 20.5. The zero-order chi connectivity index (χ0) is 38.6. The van der Waals surface area contributed by atoms with Crippen LogP contribution in [0, 0.1) is 24.2 Å². The SMILES string of the molecule is CC[Si](CC)(CC)O[C@H]1[C@@H](C)CCC[C@@H](O)[C@@H](N=[N+]=[N-])C[C@@H](C(C)=Cc2csc(C)n2)OC(=O)C[C@H](O[Si](CC)(CC)CC)C(C)(C)C(=O)[C@@H]1C. The number of carbonyl (C=O) groups excluding carboxylic acids is 2. The first-order chi connectivity index (χ1) is 24.0. The first-order valence-corrected chi connectivity index (χ1v) is 25.4. The zero-order valence-electron chi connectivity index (χ0n) is 33.7. The lowest BCUT2D eigenvalue weighted by Gasteiger charge is -2.44. The quantitative estimate of drug-likeness (QED) is 0.0692. The number of azide groups is 1. The molecule has 1 aromatic heterocycles. The van der Waals surface area contributed by atoms with Gasteiger partial charge in [0.1, 0.15) is 11.9 Å². The van der Waals surface area contributed by atoms with Crippen molar-refractivity contribution < 1.29 is 28.3 Å². The van der Waals surface area contributed by atoms with Crippen LogP contribution < -0.4 is 0 Å². The molecule has 1 N–H and O–H groups in total. The van der Waals surface area contributed by atoms with Crippen LogP contribution in [0.25, 0.3) is 16.5 Å². The monoisotopic (exact) mass is 764 g/mol. The van der Waals surface area contributed by atoms with E-state index in [0.717, 1.165) is 59.0 Å². The Kier molecular flexibility index (Phi) is 18.3. The Morgan fingerprint density at radius 3 is 2.14 bits per heavy atom. The van der Waals surface area contributed by atoms with Crippen molar-refractivity contribution in [1.82, 2.24) is 4.98 Å². The number of cyclic esters (lactones) is 1. The van der Waals surface area contributed by atoms with E-state index >= 15 is 0 Å². The second kappa shape index (κ2) is 20.6. The minimum absolute atomic E-state index is 0.0357. The topological polar surface area (TPSA) is 144 Å². The molecule has 2 heterocycles. The lowest BCUT2D eigenvalue weighted by molar-refractivity contribution is -0.154. The molecule has 1 fully saturated rings. The number of nitrogens with zero attached hydrogens (tertiary/aromatic N) is 4. The average Bonchev–Trinajstić information content (AvgIpc) is 3.53. The van der Waals surface area contributed by atoms with Crippen LogP contribution >= 0.6 is 11.3 Å². The molecule has 0 bridgehead atoms. The molecule has 1 aromatic rings. The third-order valence-electron chi connectivity index (χ3n) is 12.0. The Morgan fingerprint density at radius 1 is 1.06 bits per heavy atom. The van der Waals surface area contributed by atoms with Crippen molar-refractivity contribution in [2.45, 2.75) is 182 Å². The van der Waals surface area contributed by atoms with Gasteiger partial charge in [-0.15, -0.1) is 11.3 Å². The van der Waals surface area contributed by atoms with Crippen molar-refractivity contribution in [1.29, 1.82) is 0 Å². The molecule has 0 aliphatic carbocycles. The Hall–Kier alpha value is -1.87. The number of Topliss-reactive ketones (excluding diaryl/α,β-unsaturated/α-hetero) is 1. The van der Waals surface area contributed by atoms with Gasteiger partial charge in [0.25, 0.3) is 0 Å². The van der Waals surface area contributed by atoms with Crippen LogP contribution in [0.2, 0.25) is 36.3 Å². The van der Waals surface area contributed by atoms with Gasteiger partial charge in [-0.05, 0) is 92.5 Å². The number of aromatic nitrogens is 1. The van der Waals surface area contributed by atoms with Crippen molar-refractivity contribution in [2.75, 3.05) is 0 Å². The molecule has 0 amide bonds. The van der Waals surface area contributed by atoms with Crippen LogP contribution in [0.1, 0.15) is 119 Å². The summed E-state index contributed by atoms with van der Waals surface area (Å²) in [5.74, 6) is -0.864. The molecule has 2 rings (SSSR count). The van der Waals surface area contributed by atoms with Gasteiger partial charge >= 0.3 is 5.97 Å². The summed E-state index contributed by atoms with van der Waals surface area (Å²) >= 11 is 1.53. The van der Waals surface area contributed by atoms with Gasteiger partial charge in [-0.2, -0.15) is 0 Å². The normalized spacial score (nSPS) is 27.9. The fourth-order valence-electron chi connectivity index (χ4n) is 7.67. The van der Waals surface area contributed by atoms with Crippen molar-refractivity contribution >= 4 is 45.8 Å². The smallest absolute Gasteiger partial charge is 0.309 e. The molecule has 290 valence electrons. The number of aliphatic hydroxyl groups is 1. The summed E-state index contributed by atoms with van der Waals surface area (Å²) in [7, 11) is -4.41. The Balaban J connectivity index is 2.74. The molecule has 0 radical (unpaired) electrons. The standard InChI is InChI=1S/C38H68N4O6SSi2/c1-13-50(14-2,15-3)47-34-24-35(44)46-33(27(8)22-30-25-49-29(10)40-30)23-31(41-42-39)32(43)21-19-20-26(7)36(28(9)37(45)38(34,11)12)48-51(16-4,17-5)18-6/h22,25-26,28,31-34,36,43H,13-21,23-24H2,1-12H3/t26-,28+,31-,32+,33-,34-,36-/m0/s1.